The molecule has 0 unspecified atom stereocenters. The Morgan fingerprint density at radius 1 is 1.09 bits per heavy atom. The molecule has 1 saturated heterocycles. The van der Waals surface area contributed by atoms with Crippen LogP contribution in [-0.4, -0.2) is 109 Å². The minimum Gasteiger partial charge on any atom is -0.394 e. The number of ether oxygens (including phenoxy) is 1. The van der Waals surface area contributed by atoms with E-state index in [1.807, 2.05) is 0 Å². The molecule has 0 saturated carbocycles. The van der Waals surface area contributed by atoms with Gasteiger partial charge in [-0.15, -0.1) is 0 Å². The van der Waals surface area contributed by atoms with Gasteiger partial charge in [0.15, 0.2) is 12.6 Å². The standard InChI is InChI=1S/C6H13NO5.C6H12O5/c7-3-5(10)4(9)2(1-8)12-6(3)11;1-3(8)5(10)6(11)4(9)2-7/h2-6,8-11H,1,7H2;2-6,8-11H,1H3/t2-,3-,4-,5-,6-;3-,4-,5-,6-/m10/s1. The van der Waals surface area contributed by atoms with Crippen LogP contribution in [0.2, 0.25) is 0 Å². The number of carbonyl (C=O) groups excluding carboxylic acids is 1. The molecule has 1 rings (SSSR count). The molecule has 9 atom stereocenters. The number of carbonyl (C=O) groups is 1. The highest BCUT2D eigenvalue weighted by molar-refractivity contribution is 5.56. The van der Waals surface area contributed by atoms with Crippen molar-refractivity contribution < 1.29 is 50.4 Å². The number of nitrogens with two attached hydrogens (primary N) is 1. The summed E-state index contributed by atoms with van der Waals surface area (Å²) in [7, 11) is 0. The topological polar surface area (TPSA) is 214 Å². The molecule has 1 aliphatic heterocycles. The van der Waals surface area contributed by atoms with E-state index in [4.69, 9.17) is 41.1 Å². The fourth-order valence-corrected chi connectivity index (χ4v) is 1.69. The van der Waals surface area contributed by atoms with Crippen molar-refractivity contribution in [1.82, 2.24) is 0 Å². The van der Waals surface area contributed by atoms with Crippen molar-refractivity contribution in [3.8, 4) is 0 Å². The number of aliphatic hydroxyl groups is 8. The maximum absolute atomic E-state index is 9.87. The molecule has 10 N–H and O–H groups in total. The highest BCUT2D eigenvalue weighted by atomic mass is 16.6. The van der Waals surface area contributed by atoms with Gasteiger partial charge in [0.05, 0.1) is 18.8 Å². The van der Waals surface area contributed by atoms with Crippen molar-refractivity contribution in [1.29, 1.82) is 0 Å². The van der Waals surface area contributed by atoms with Crippen molar-refractivity contribution in [3.05, 3.63) is 0 Å². The van der Waals surface area contributed by atoms with Crippen LogP contribution >= 0.6 is 0 Å². The normalized spacial score (nSPS) is 36.2. The Morgan fingerprint density at radius 3 is 2.00 bits per heavy atom. The van der Waals surface area contributed by atoms with Gasteiger partial charge in [-0.2, -0.15) is 0 Å². The van der Waals surface area contributed by atoms with Gasteiger partial charge in [0, 0.05) is 0 Å². The molecule has 138 valence electrons. The van der Waals surface area contributed by atoms with E-state index >= 15 is 0 Å². The van der Waals surface area contributed by atoms with Crippen LogP contribution in [-0.2, 0) is 9.53 Å². The minimum atomic E-state index is -1.65. The smallest absolute Gasteiger partial charge is 0.173 e. The lowest BCUT2D eigenvalue weighted by Crippen LogP contribution is -2.61. The Morgan fingerprint density at radius 2 is 1.61 bits per heavy atom. The zero-order valence-electron chi connectivity index (χ0n) is 12.5. The summed E-state index contributed by atoms with van der Waals surface area (Å²) in [6.07, 6.45) is -10.7. The van der Waals surface area contributed by atoms with Crippen LogP contribution in [0.3, 0.4) is 0 Å². The van der Waals surface area contributed by atoms with Gasteiger partial charge < -0.3 is 56.1 Å². The van der Waals surface area contributed by atoms with Gasteiger partial charge in [-0.05, 0) is 6.92 Å². The second kappa shape index (κ2) is 10.2. The van der Waals surface area contributed by atoms with Crippen LogP contribution in [0, 0.1) is 0 Å². The van der Waals surface area contributed by atoms with Gasteiger partial charge in [-0.1, -0.05) is 0 Å². The van der Waals surface area contributed by atoms with E-state index < -0.39 is 61.7 Å². The summed E-state index contributed by atoms with van der Waals surface area (Å²) >= 11 is 0. The average Bonchev–Trinajstić information content (AvgIpc) is 2.54. The summed E-state index contributed by atoms with van der Waals surface area (Å²) in [5.41, 5.74) is 5.26. The maximum Gasteiger partial charge on any atom is 0.173 e. The summed E-state index contributed by atoms with van der Waals surface area (Å²) in [5, 5.41) is 71.2. The van der Waals surface area contributed by atoms with Gasteiger partial charge in [0.2, 0.25) is 0 Å². The molecule has 0 aromatic rings. The molecule has 0 aromatic heterocycles. The summed E-state index contributed by atoms with van der Waals surface area (Å²) in [6, 6.07) is -1.04. The predicted molar refractivity (Wildman–Crippen MR) is 73.7 cm³/mol. The molecule has 0 amide bonds. The first-order chi connectivity index (χ1) is 10.6. The third-order valence-electron chi connectivity index (χ3n) is 3.28. The Bertz CT molecular complexity index is 339. The largest absolute Gasteiger partial charge is 0.394 e. The van der Waals surface area contributed by atoms with Gasteiger partial charge in [0.25, 0.3) is 0 Å². The van der Waals surface area contributed by atoms with Crippen LogP contribution in [0.5, 0.6) is 0 Å². The lowest BCUT2D eigenvalue weighted by Gasteiger charge is -2.38. The van der Waals surface area contributed by atoms with Crippen molar-refractivity contribution in [2.45, 2.75) is 62.0 Å². The Hall–Kier alpha value is -0.730. The number of rotatable bonds is 5. The first-order valence-corrected chi connectivity index (χ1v) is 6.82. The minimum absolute atomic E-state index is 0.0935. The Balaban J connectivity index is 0.000000423. The Labute approximate surface area is 132 Å². The van der Waals surface area contributed by atoms with Crippen LogP contribution in [0.25, 0.3) is 0 Å². The average molecular weight is 343 g/mol. The summed E-state index contributed by atoms with van der Waals surface area (Å²) in [6.45, 7) is 0.771. The van der Waals surface area contributed by atoms with Gasteiger partial charge >= 0.3 is 0 Å². The molecular weight excluding hydrogens is 318 g/mol. The van der Waals surface area contributed by atoms with E-state index in [0.717, 1.165) is 0 Å². The fourth-order valence-electron chi connectivity index (χ4n) is 1.69. The van der Waals surface area contributed by atoms with Crippen molar-refractivity contribution in [2.75, 3.05) is 6.61 Å². The van der Waals surface area contributed by atoms with E-state index in [2.05, 4.69) is 0 Å². The first kappa shape index (κ1) is 22.3. The Kier molecular flexibility index (Phi) is 9.88. The second-order valence-electron chi connectivity index (χ2n) is 5.15. The van der Waals surface area contributed by atoms with E-state index in [1.54, 1.807) is 0 Å². The lowest BCUT2D eigenvalue weighted by molar-refractivity contribution is -0.248. The number of aldehydes is 1. The third-order valence-corrected chi connectivity index (χ3v) is 3.28. The molecule has 0 bridgehead atoms. The maximum atomic E-state index is 9.87. The van der Waals surface area contributed by atoms with Crippen molar-refractivity contribution >= 4 is 6.29 Å². The molecule has 0 aliphatic carbocycles. The quantitative estimate of drug-likeness (QED) is 0.214. The van der Waals surface area contributed by atoms with Crippen LogP contribution in [0.1, 0.15) is 6.92 Å². The van der Waals surface area contributed by atoms with E-state index in [0.29, 0.717) is 0 Å². The molecule has 1 fully saturated rings. The molecule has 11 nitrogen and oxygen atoms in total. The SMILES string of the molecule is C[C@H](O)[C@H](O)[C@@H](O)[C@@H](O)C=O.N[C@@H]1[C@@H](O)[C@H](O)[C@@H](CO)O[C@H]1O. The molecular formula is C12H25NO10. The highest BCUT2D eigenvalue weighted by Gasteiger charge is 2.41. The van der Waals surface area contributed by atoms with Crippen LogP contribution in [0.4, 0.5) is 0 Å². The highest BCUT2D eigenvalue weighted by Crippen LogP contribution is 2.17. The molecule has 0 aromatic carbocycles. The molecule has 0 spiro atoms. The molecule has 11 heteroatoms. The number of aliphatic hydroxyl groups excluding tert-OH is 8. The summed E-state index contributed by atoms with van der Waals surface area (Å²) in [5.74, 6) is 0. The predicted octanol–water partition coefficient (Wildman–Crippen LogP) is -5.61. The summed E-state index contributed by atoms with van der Waals surface area (Å²) < 4.78 is 4.70. The van der Waals surface area contributed by atoms with E-state index in [9.17, 15) is 15.0 Å². The second-order valence-corrected chi connectivity index (χ2v) is 5.15. The molecule has 1 heterocycles. The molecule has 0 radical (unpaired) electrons. The zero-order chi connectivity index (χ0) is 18.3. The van der Waals surface area contributed by atoms with Gasteiger partial charge in [0.1, 0.15) is 36.6 Å². The number of hydrogen-bond acceptors (Lipinski definition) is 11. The van der Waals surface area contributed by atoms with Crippen molar-refractivity contribution in [2.24, 2.45) is 5.73 Å². The monoisotopic (exact) mass is 343 g/mol. The zero-order valence-corrected chi connectivity index (χ0v) is 12.5. The van der Waals surface area contributed by atoms with Crippen molar-refractivity contribution in [3.63, 3.8) is 0 Å². The van der Waals surface area contributed by atoms with Crippen LogP contribution in [0.15, 0.2) is 0 Å². The third kappa shape index (κ3) is 6.35. The summed E-state index contributed by atoms with van der Waals surface area (Å²) in [4.78, 5) is 9.87. The van der Waals surface area contributed by atoms with Gasteiger partial charge in [-0.3, -0.25) is 0 Å². The van der Waals surface area contributed by atoms with E-state index in [1.165, 1.54) is 6.92 Å². The first-order valence-electron chi connectivity index (χ1n) is 6.82. The molecule has 23 heavy (non-hydrogen) atoms. The molecule has 1 aliphatic rings. The number of hydrogen-bond donors (Lipinski definition) is 9. The lowest BCUT2D eigenvalue weighted by atomic mass is 9.98. The van der Waals surface area contributed by atoms with Gasteiger partial charge in [-0.25, -0.2) is 0 Å². The fraction of sp³-hybridized carbons (Fsp3) is 0.917. The van der Waals surface area contributed by atoms with E-state index in [-0.39, 0.29) is 6.29 Å². The van der Waals surface area contributed by atoms with Crippen LogP contribution < -0.4 is 5.73 Å².